The van der Waals surface area contributed by atoms with Crippen LogP contribution >= 0.6 is 12.2 Å². The second-order valence-electron chi connectivity index (χ2n) is 6.33. The highest BCUT2D eigenvalue weighted by molar-refractivity contribution is 7.80. The molecule has 0 radical (unpaired) electrons. The first-order valence-electron chi connectivity index (χ1n) is 8.80. The lowest BCUT2D eigenvalue weighted by molar-refractivity contribution is 0.316. The number of rotatable bonds is 5. The van der Waals surface area contributed by atoms with Gasteiger partial charge >= 0.3 is 0 Å². The van der Waals surface area contributed by atoms with Crippen molar-refractivity contribution in [3.63, 3.8) is 0 Å². The zero-order valence-corrected chi connectivity index (χ0v) is 15.4. The zero-order valence-electron chi connectivity index (χ0n) is 14.6. The van der Waals surface area contributed by atoms with Crippen LogP contribution in [-0.2, 0) is 6.54 Å². The fourth-order valence-corrected chi connectivity index (χ4v) is 3.97. The van der Waals surface area contributed by atoms with Gasteiger partial charge in [0.25, 0.3) is 0 Å². The lowest BCUT2D eigenvalue weighted by Crippen LogP contribution is -2.30. The van der Waals surface area contributed by atoms with E-state index in [9.17, 15) is 0 Å². The van der Waals surface area contributed by atoms with E-state index in [1.807, 2.05) is 30.6 Å². The molecule has 1 aliphatic heterocycles. The summed E-state index contributed by atoms with van der Waals surface area (Å²) < 4.78 is 2.27. The fourth-order valence-electron chi connectivity index (χ4n) is 3.60. The number of aromatic nitrogens is 3. The summed E-state index contributed by atoms with van der Waals surface area (Å²) in [4.78, 5) is 11.0. The molecule has 3 aromatic rings. The van der Waals surface area contributed by atoms with Gasteiger partial charge in [0.1, 0.15) is 0 Å². The number of pyridine rings is 2. The van der Waals surface area contributed by atoms with E-state index < -0.39 is 0 Å². The Hall–Kier alpha value is -2.73. The molecule has 3 aromatic heterocycles. The number of likely N-dealkylation sites (N-methyl/N-ethyl adjacent to an activating group) is 1. The Balaban J connectivity index is 1.72. The molecule has 0 bridgehead atoms. The van der Waals surface area contributed by atoms with E-state index in [2.05, 4.69) is 62.1 Å². The van der Waals surface area contributed by atoms with Gasteiger partial charge in [0.2, 0.25) is 0 Å². The third-order valence-electron chi connectivity index (χ3n) is 4.78. The molecule has 0 aromatic carbocycles. The minimum Gasteiger partial charge on any atom is -0.352 e. The molecular formula is C20H21N5S. The van der Waals surface area contributed by atoms with Crippen LogP contribution in [0, 0.1) is 0 Å². The molecule has 0 aliphatic carbocycles. The number of nitrogens with one attached hydrogen (secondary N) is 1. The molecule has 0 spiro atoms. The molecular weight excluding hydrogens is 342 g/mol. The van der Waals surface area contributed by atoms with E-state index in [0.29, 0.717) is 0 Å². The minimum absolute atomic E-state index is 0.0335. The molecule has 4 heterocycles. The van der Waals surface area contributed by atoms with Crippen LogP contribution in [0.15, 0.2) is 67.3 Å². The van der Waals surface area contributed by atoms with Crippen molar-refractivity contribution in [1.82, 2.24) is 24.8 Å². The number of hydrogen-bond donors (Lipinski definition) is 1. The number of hydrogen-bond acceptors (Lipinski definition) is 3. The first kappa shape index (κ1) is 16.7. The van der Waals surface area contributed by atoms with E-state index in [4.69, 9.17) is 12.2 Å². The topological polar surface area (TPSA) is 46.0 Å². The number of thiocarbonyl (C=S) groups is 1. The van der Waals surface area contributed by atoms with Gasteiger partial charge < -0.3 is 14.8 Å². The standard InChI is InChI=1S/C20H21N5S/c1-2-25-19(18(23-20(25)26)16-8-3-4-11-22-16)17-9-6-12-24(17)14-15-7-5-10-21-13-15/h3-13,18-19H,2,14H2,1H3,(H,23,26)/t18-,19+/m0/s1. The third-order valence-corrected chi connectivity index (χ3v) is 5.13. The molecule has 0 unspecified atom stereocenters. The van der Waals surface area contributed by atoms with E-state index in [1.165, 1.54) is 11.3 Å². The van der Waals surface area contributed by atoms with Crippen LogP contribution in [0.5, 0.6) is 0 Å². The second kappa shape index (κ2) is 7.25. The van der Waals surface area contributed by atoms with E-state index >= 15 is 0 Å². The molecule has 1 fully saturated rings. The Labute approximate surface area is 158 Å². The third kappa shape index (κ3) is 3.08. The normalized spacial score (nSPS) is 19.6. The summed E-state index contributed by atoms with van der Waals surface area (Å²) in [6, 6.07) is 14.5. The first-order chi connectivity index (χ1) is 12.8. The van der Waals surface area contributed by atoms with Crippen LogP contribution in [0.2, 0.25) is 0 Å². The Bertz CT molecular complexity index is 877. The van der Waals surface area contributed by atoms with Crippen molar-refractivity contribution in [1.29, 1.82) is 0 Å². The average Bonchev–Trinajstić information content (AvgIpc) is 3.26. The predicted octanol–water partition coefficient (Wildman–Crippen LogP) is 3.32. The molecule has 1 aliphatic rings. The maximum atomic E-state index is 5.61. The van der Waals surface area contributed by atoms with Crippen molar-refractivity contribution in [3.8, 4) is 0 Å². The highest BCUT2D eigenvalue weighted by Gasteiger charge is 2.40. The predicted molar refractivity (Wildman–Crippen MR) is 106 cm³/mol. The van der Waals surface area contributed by atoms with Crippen molar-refractivity contribution in [2.45, 2.75) is 25.6 Å². The van der Waals surface area contributed by atoms with Gasteiger partial charge in [-0.25, -0.2) is 0 Å². The van der Waals surface area contributed by atoms with Gasteiger partial charge in [0, 0.05) is 43.6 Å². The molecule has 26 heavy (non-hydrogen) atoms. The summed E-state index contributed by atoms with van der Waals surface area (Å²) in [6.45, 7) is 3.76. The summed E-state index contributed by atoms with van der Waals surface area (Å²) >= 11 is 5.61. The van der Waals surface area contributed by atoms with Crippen molar-refractivity contribution in [3.05, 3.63) is 84.2 Å². The average molecular weight is 363 g/mol. The van der Waals surface area contributed by atoms with Crippen LogP contribution in [0.1, 0.15) is 36.0 Å². The first-order valence-corrected chi connectivity index (χ1v) is 9.20. The van der Waals surface area contributed by atoms with Gasteiger partial charge in [-0.1, -0.05) is 12.1 Å². The molecule has 5 nitrogen and oxygen atoms in total. The molecule has 0 saturated carbocycles. The SMILES string of the molecule is CCN1C(=S)N[C@@H](c2ccccn2)[C@H]1c1cccn1Cc1cccnc1. The molecule has 2 atom stereocenters. The monoisotopic (exact) mass is 363 g/mol. The van der Waals surface area contributed by atoms with Crippen molar-refractivity contribution < 1.29 is 0 Å². The maximum absolute atomic E-state index is 5.61. The quantitative estimate of drug-likeness (QED) is 0.705. The molecule has 4 rings (SSSR count). The van der Waals surface area contributed by atoms with Crippen LogP contribution in [0.3, 0.4) is 0 Å². The molecule has 1 N–H and O–H groups in total. The number of nitrogens with zero attached hydrogens (tertiary/aromatic N) is 4. The summed E-state index contributed by atoms with van der Waals surface area (Å²) in [5, 5.41) is 4.25. The van der Waals surface area contributed by atoms with Gasteiger partial charge in [0.15, 0.2) is 5.11 Å². The molecule has 1 saturated heterocycles. The fraction of sp³-hybridized carbons (Fsp3) is 0.250. The summed E-state index contributed by atoms with van der Waals surface area (Å²) in [5.41, 5.74) is 3.40. The summed E-state index contributed by atoms with van der Waals surface area (Å²) in [5.74, 6) is 0. The lowest BCUT2D eigenvalue weighted by Gasteiger charge is -2.28. The van der Waals surface area contributed by atoms with Crippen molar-refractivity contribution >= 4 is 17.3 Å². The van der Waals surface area contributed by atoms with Crippen LogP contribution in [0.25, 0.3) is 0 Å². The van der Waals surface area contributed by atoms with Gasteiger partial charge in [-0.15, -0.1) is 0 Å². The van der Waals surface area contributed by atoms with Gasteiger partial charge in [-0.3, -0.25) is 9.97 Å². The van der Waals surface area contributed by atoms with E-state index in [1.54, 1.807) is 6.20 Å². The van der Waals surface area contributed by atoms with E-state index in [0.717, 1.165) is 23.9 Å². The Kier molecular flexibility index (Phi) is 4.67. The highest BCUT2D eigenvalue weighted by atomic mass is 32.1. The Morgan fingerprint density at radius 1 is 1.12 bits per heavy atom. The lowest BCUT2D eigenvalue weighted by atomic mass is 10.0. The van der Waals surface area contributed by atoms with Gasteiger partial charge in [0.05, 0.1) is 17.8 Å². The smallest absolute Gasteiger partial charge is 0.170 e. The summed E-state index contributed by atoms with van der Waals surface area (Å²) in [6.07, 6.45) is 7.66. The Morgan fingerprint density at radius 3 is 2.77 bits per heavy atom. The molecule has 0 amide bonds. The van der Waals surface area contributed by atoms with Crippen LogP contribution in [0.4, 0.5) is 0 Å². The van der Waals surface area contributed by atoms with Crippen LogP contribution in [-0.4, -0.2) is 31.1 Å². The van der Waals surface area contributed by atoms with Crippen LogP contribution < -0.4 is 5.32 Å². The molecule has 132 valence electrons. The zero-order chi connectivity index (χ0) is 17.9. The largest absolute Gasteiger partial charge is 0.352 e. The van der Waals surface area contributed by atoms with Crippen molar-refractivity contribution in [2.75, 3.05) is 6.54 Å². The second-order valence-corrected chi connectivity index (χ2v) is 6.72. The Morgan fingerprint density at radius 2 is 2.04 bits per heavy atom. The maximum Gasteiger partial charge on any atom is 0.170 e. The van der Waals surface area contributed by atoms with Gasteiger partial charge in [-0.05, 0) is 55.0 Å². The van der Waals surface area contributed by atoms with E-state index in [-0.39, 0.29) is 12.1 Å². The minimum atomic E-state index is 0.0335. The van der Waals surface area contributed by atoms with Crippen molar-refractivity contribution in [2.24, 2.45) is 0 Å². The summed E-state index contributed by atoms with van der Waals surface area (Å²) in [7, 11) is 0. The van der Waals surface area contributed by atoms with Gasteiger partial charge in [-0.2, -0.15) is 0 Å². The molecule has 6 heteroatoms. The highest BCUT2D eigenvalue weighted by Crippen LogP contribution is 2.38.